The molecule has 0 aliphatic carbocycles. The van der Waals surface area contributed by atoms with Crippen molar-refractivity contribution in [3.63, 3.8) is 0 Å². The van der Waals surface area contributed by atoms with E-state index < -0.39 is 23.9 Å². The Kier molecular flexibility index (Phi) is 4.61. The number of ketones is 1. The lowest BCUT2D eigenvalue weighted by atomic mass is 9.81. The van der Waals surface area contributed by atoms with E-state index >= 15 is 0 Å². The number of nitrogens with one attached hydrogen (secondary N) is 1. The zero-order chi connectivity index (χ0) is 13.2. The third-order valence-electron chi connectivity index (χ3n) is 3.16. The molecule has 3 atom stereocenters. The maximum atomic E-state index is 12.7. The van der Waals surface area contributed by atoms with E-state index in [1.807, 2.05) is 0 Å². The van der Waals surface area contributed by atoms with Gasteiger partial charge in [0.1, 0.15) is 0 Å². The van der Waals surface area contributed by atoms with Gasteiger partial charge in [0.15, 0.2) is 5.78 Å². The van der Waals surface area contributed by atoms with Gasteiger partial charge in [-0.15, -0.1) is 0 Å². The Morgan fingerprint density at radius 3 is 2.35 bits per heavy atom. The van der Waals surface area contributed by atoms with Crippen LogP contribution in [0.4, 0.5) is 8.78 Å². The van der Waals surface area contributed by atoms with Gasteiger partial charge in [-0.25, -0.2) is 8.78 Å². The third-order valence-corrected chi connectivity index (χ3v) is 3.16. The van der Waals surface area contributed by atoms with Crippen LogP contribution in [0.1, 0.15) is 33.6 Å². The molecule has 0 amide bonds. The summed E-state index contributed by atoms with van der Waals surface area (Å²) in [4.78, 5) is 12.2. The fourth-order valence-corrected chi connectivity index (χ4v) is 2.10. The van der Waals surface area contributed by atoms with Gasteiger partial charge in [-0.3, -0.25) is 10.1 Å². The quantitative estimate of drug-likeness (QED) is 0.831. The molecule has 0 bridgehead atoms. The molecule has 3 unspecified atom stereocenters. The van der Waals surface area contributed by atoms with Crippen LogP contribution in [-0.2, 0) is 9.53 Å². The number of carbonyl (C=O) groups excluding carboxylic acids is 1. The Morgan fingerprint density at radius 2 is 1.94 bits per heavy atom. The van der Waals surface area contributed by atoms with Gasteiger partial charge in [-0.1, -0.05) is 20.8 Å². The number of Topliss-reactive ketones (excluding diaryl/α,β-unsaturated/α-hetero) is 1. The minimum atomic E-state index is -2.44. The molecule has 1 heterocycles. The van der Waals surface area contributed by atoms with Gasteiger partial charge >= 0.3 is 0 Å². The molecule has 0 aromatic carbocycles. The minimum Gasteiger partial charge on any atom is -0.379 e. The molecule has 1 saturated heterocycles. The lowest BCUT2D eigenvalue weighted by Crippen LogP contribution is -2.59. The van der Waals surface area contributed by atoms with Crippen molar-refractivity contribution in [3.05, 3.63) is 0 Å². The highest BCUT2D eigenvalue weighted by atomic mass is 19.3. The topological polar surface area (TPSA) is 38.3 Å². The molecular weight excluding hydrogens is 228 g/mol. The van der Waals surface area contributed by atoms with Crippen LogP contribution >= 0.6 is 0 Å². The molecule has 5 heteroatoms. The fourth-order valence-electron chi connectivity index (χ4n) is 2.10. The van der Waals surface area contributed by atoms with E-state index in [-0.39, 0.29) is 11.9 Å². The van der Waals surface area contributed by atoms with E-state index in [1.165, 1.54) is 7.11 Å². The van der Waals surface area contributed by atoms with Gasteiger partial charge < -0.3 is 4.74 Å². The summed E-state index contributed by atoms with van der Waals surface area (Å²) in [5.74, 6) is -0.0744. The number of rotatable bonds is 3. The van der Waals surface area contributed by atoms with Crippen molar-refractivity contribution in [3.8, 4) is 0 Å². The maximum absolute atomic E-state index is 12.7. The smallest absolute Gasteiger partial charge is 0.253 e. The average molecular weight is 249 g/mol. The van der Waals surface area contributed by atoms with Crippen LogP contribution in [0, 0.1) is 5.41 Å². The first kappa shape index (κ1) is 14.5. The van der Waals surface area contributed by atoms with E-state index in [1.54, 1.807) is 20.8 Å². The molecule has 100 valence electrons. The molecule has 3 nitrogen and oxygen atoms in total. The first-order valence-electron chi connectivity index (χ1n) is 5.88. The number of hydrogen-bond donors (Lipinski definition) is 1. The van der Waals surface area contributed by atoms with Crippen molar-refractivity contribution in [2.24, 2.45) is 5.41 Å². The molecule has 0 spiro atoms. The van der Waals surface area contributed by atoms with E-state index in [9.17, 15) is 13.6 Å². The maximum Gasteiger partial charge on any atom is 0.253 e. The summed E-state index contributed by atoms with van der Waals surface area (Å²) in [6, 6.07) is -1.54. The molecule has 1 aliphatic heterocycles. The molecular formula is C12H21F2NO2. The summed E-state index contributed by atoms with van der Waals surface area (Å²) in [7, 11) is 1.51. The van der Waals surface area contributed by atoms with Crippen LogP contribution < -0.4 is 5.32 Å². The summed E-state index contributed by atoms with van der Waals surface area (Å²) in [5.41, 5.74) is -0.557. The predicted octanol–water partition coefficient (Wildman–Crippen LogP) is 2.00. The van der Waals surface area contributed by atoms with Gasteiger partial charge in [0.25, 0.3) is 6.43 Å². The highest BCUT2D eigenvalue weighted by Crippen LogP contribution is 2.26. The molecule has 17 heavy (non-hydrogen) atoms. The number of piperidine rings is 1. The predicted molar refractivity (Wildman–Crippen MR) is 61.2 cm³/mol. The Labute approximate surface area is 101 Å². The van der Waals surface area contributed by atoms with Crippen molar-refractivity contribution >= 4 is 5.78 Å². The largest absolute Gasteiger partial charge is 0.379 e. The zero-order valence-electron chi connectivity index (χ0n) is 10.8. The Hall–Kier alpha value is -0.550. The second-order valence-electron chi connectivity index (χ2n) is 5.55. The second-order valence-corrected chi connectivity index (χ2v) is 5.55. The number of ether oxygens (including phenoxy) is 1. The number of carbonyl (C=O) groups is 1. The van der Waals surface area contributed by atoms with Crippen LogP contribution in [-0.4, -0.2) is 37.5 Å². The number of halogens is 2. The standard InChI is InChI=1S/C12H21F2NO2/c1-12(2,3)10(16)9-8(17-4)6-5-7(15-9)11(13)14/h7-9,11,15H,5-6H2,1-4H3. The molecule has 1 fully saturated rings. The van der Waals surface area contributed by atoms with Crippen LogP contribution in [0.15, 0.2) is 0 Å². The molecule has 0 aromatic rings. The van der Waals surface area contributed by atoms with Crippen LogP contribution in [0.5, 0.6) is 0 Å². The van der Waals surface area contributed by atoms with Gasteiger partial charge in [0, 0.05) is 12.5 Å². The van der Waals surface area contributed by atoms with Crippen molar-refractivity contribution in [1.29, 1.82) is 0 Å². The summed E-state index contributed by atoms with van der Waals surface area (Å²) in [5, 5.41) is 2.74. The lowest BCUT2D eigenvalue weighted by molar-refractivity contribution is -0.134. The first-order chi connectivity index (χ1) is 7.77. The Bertz CT molecular complexity index is 276. The highest BCUT2D eigenvalue weighted by molar-refractivity contribution is 5.89. The zero-order valence-corrected chi connectivity index (χ0v) is 10.8. The lowest BCUT2D eigenvalue weighted by Gasteiger charge is -2.38. The van der Waals surface area contributed by atoms with Gasteiger partial charge in [-0.2, -0.15) is 0 Å². The monoisotopic (exact) mass is 249 g/mol. The minimum absolute atomic E-state index is 0.0744. The first-order valence-corrected chi connectivity index (χ1v) is 5.88. The van der Waals surface area contributed by atoms with E-state index in [0.717, 1.165) is 0 Å². The summed E-state index contributed by atoms with van der Waals surface area (Å²) < 4.78 is 30.6. The van der Waals surface area contributed by atoms with Gasteiger partial charge in [-0.05, 0) is 12.8 Å². The van der Waals surface area contributed by atoms with Crippen molar-refractivity contribution in [2.45, 2.75) is 58.2 Å². The van der Waals surface area contributed by atoms with E-state index in [2.05, 4.69) is 5.32 Å². The van der Waals surface area contributed by atoms with Crippen LogP contribution in [0.3, 0.4) is 0 Å². The Balaban J connectivity index is 2.80. The van der Waals surface area contributed by atoms with Gasteiger partial charge in [0.05, 0.1) is 18.2 Å². The molecule has 1 N–H and O–H groups in total. The molecule has 0 radical (unpaired) electrons. The highest BCUT2D eigenvalue weighted by Gasteiger charge is 2.41. The van der Waals surface area contributed by atoms with Crippen LogP contribution in [0.25, 0.3) is 0 Å². The number of hydrogen-bond acceptors (Lipinski definition) is 3. The second kappa shape index (κ2) is 5.40. The van der Waals surface area contributed by atoms with Crippen molar-refractivity contribution in [1.82, 2.24) is 5.32 Å². The summed E-state index contributed by atoms with van der Waals surface area (Å²) in [6.45, 7) is 5.36. The third kappa shape index (κ3) is 3.45. The van der Waals surface area contributed by atoms with Crippen LogP contribution in [0.2, 0.25) is 0 Å². The number of alkyl halides is 2. The fraction of sp³-hybridized carbons (Fsp3) is 0.917. The van der Waals surface area contributed by atoms with Gasteiger partial charge in [0.2, 0.25) is 0 Å². The summed E-state index contributed by atoms with van der Waals surface area (Å²) in [6.07, 6.45) is -1.92. The van der Waals surface area contributed by atoms with E-state index in [0.29, 0.717) is 12.8 Å². The Morgan fingerprint density at radius 1 is 1.35 bits per heavy atom. The molecule has 1 rings (SSSR count). The number of methoxy groups -OCH3 is 1. The molecule has 1 aliphatic rings. The van der Waals surface area contributed by atoms with Crippen molar-refractivity contribution < 1.29 is 18.3 Å². The van der Waals surface area contributed by atoms with E-state index in [4.69, 9.17) is 4.74 Å². The normalized spacial score (nSPS) is 30.6. The molecule has 0 saturated carbocycles. The summed E-state index contributed by atoms with van der Waals surface area (Å²) >= 11 is 0. The SMILES string of the molecule is COC1CCC(C(F)F)NC1C(=O)C(C)(C)C. The average Bonchev–Trinajstić information content (AvgIpc) is 2.25. The van der Waals surface area contributed by atoms with Crippen molar-refractivity contribution in [2.75, 3.05) is 7.11 Å². The molecule has 0 aromatic heterocycles.